The van der Waals surface area contributed by atoms with Crippen molar-refractivity contribution < 1.29 is 18.8 Å². The van der Waals surface area contributed by atoms with E-state index < -0.39 is 29.6 Å². The molecule has 3 rings (SSSR count). The Morgan fingerprint density at radius 2 is 1.52 bits per heavy atom. The van der Waals surface area contributed by atoms with Crippen LogP contribution in [0.1, 0.15) is 27.6 Å². The summed E-state index contributed by atoms with van der Waals surface area (Å²) in [6.45, 7) is 1.47. The van der Waals surface area contributed by atoms with Gasteiger partial charge in [-0.1, -0.05) is 12.1 Å². The summed E-state index contributed by atoms with van der Waals surface area (Å²) in [6.07, 6.45) is 0. The molecule has 1 heterocycles. The molecule has 0 saturated carbocycles. The third kappa shape index (κ3) is 2.59. The molecule has 1 atom stereocenters. The van der Waals surface area contributed by atoms with Crippen LogP contribution in [0, 0.1) is 5.82 Å². The van der Waals surface area contributed by atoms with Crippen LogP contribution in [0.25, 0.3) is 0 Å². The van der Waals surface area contributed by atoms with Gasteiger partial charge in [0.15, 0.2) is 0 Å². The minimum Gasteiger partial charge on any atom is -0.324 e. The summed E-state index contributed by atoms with van der Waals surface area (Å²) in [5, 5.41) is 2.56. The van der Waals surface area contributed by atoms with Crippen LogP contribution >= 0.6 is 0 Å². The summed E-state index contributed by atoms with van der Waals surface area (Å²) in [7, 11) is 0. The summed E-state index contributed by atoms with van der Waals surface area (Å²) in [4.78, 5) is 37.9. The molecule has 0 aromatic heterocycles. The Bertz CT molecular complexity index is 767. The molecule has 2 aromatic carbocycles. The Morgan fingerprint density at radius 3 is 2.04 bits per heavy atom. The second-order valence-corrected chi connectivity index (χ2v) is 5.20. The summed E-state index contributed by atoms with van der Waals surface area (Å²) < 4.78 is 12.9. The molecule has 116 valence electrons. The van der Waals surface area contributed by atoms with E-state index in [-0.39, 0.29) is 0 Å². The average molecular weight is 312 g/mol. The van der Waals surface area contributed by atoms with Crippen LogP contribution in [-0.4, -0.2) is 28.7 Å². The van der Waals surface area contributed by atoms with E-state index in [1.807, 2.05) is 0 Å². The molecular formula is C17H13FN2O3. The van der Waals surface area contributed by atoms with Gasteiger partial charge in [-0.05, 0) is 43.3 Å². The highest BCUT2D eigenvalue weighted by molar-refractivity contribution is 6.23. The van der Waals surface area contributed by atoms with Crippen molar-refractivity contribution in [3.8, 4) is 0 Å². The Balaban J connectivity index is 1.79. The van der Waals surface area contributed by atoms with Crippen LogP contribution in [0.2, 0.25) is 0 Å². The third-order valence-corrected chi connectivity index (χ3v) is 3.70. The van der Waals surface area contributed by atoms with Gasteiger partial charge < -0.3 is 5.32 Å². The maximum absolute atomic E-state index is 12.9. The Labute approximate surface area is 131 Å². The molecule has 23 heavy (non-hydrogen) atoms. The van der Waals surface area contributed by atoms with Gasteiger partial charge in [0.05, 0.1) is 11.1 Å². The van der Waals surface area contributed by atoms with Gasteiger partial charge in [0.1, 0.15) is 11.9 Å². The van der Waals surface area contributed by atoms with Crippen LogP contribution in [0.5, 0.6) is 0 Å². The number of hydrogen-bond donors (Lipinski definition) is 1. The largest absolute Gasteiger partial charge is 0.324 e. The van der Waals surface area contributed by atoms with Crippen LogP contribution in [0.3, 0.4) is 0 Å². The topological polar surface area (TPSA) is 66.5 Å². The van der Waals surface area contributed by atoms with Crippen molar-refractivity contribution in [2.24, 2.45) is 0 Å². The summed E-state index contributed by atoms with van der Waals surface area (Å²) in [5.74, 6) is -1.93. The van der Waals surface area contributed by atoms with E-state index in [1.165, 1.54) is 31.2 Å². The number of amides is 3. The molecule has 6 heteroatoms. The number of fused-ring (bicyclic) bond motifs is 1. The predicted molar refractivity (Wildman–Crippen MR) is 81.4 cm³/mol. The van der Waals surface area contributed by atoms with Gasteiger partial charge in [-0.25, -0.2) is 4.39 Å². The number of imide groups is 1. The van der Waals surface area contributed by atoms with Crippen molar-refractivity contribution in [3.63, 3.8) is 0 Å². The fourth-order valence-electron chi connectivity index (χ4n) is 2.46. The first kappa shape index (κ1) is 14.9. The molecule has 3 amide bonds. The van der Waals surface area contributed by atoms with Crippen molar-refractivity contribution in [1.29, 1.82) is 0 Å². The molecule has 0 fully saturated rings. The van der Waals surface area contributed by atoms with Gasteiger partial charge in [-0.15, -0.1) is 0 Å². The van der Waals surface area contributed by atoms with E-state index in [4.69, 9.17) is 0 Å². The SMILES string of the molecule is C[C@@H](C(=O)Nc1ccc(F)cc1)N1C(=O)c2ccccc2C1=O. The zero-order valence-corrected chi connectivity index (χ0v) is 12.2. The zero-order valence-electron chi connectivity index (χ0n) is 12.2. The number of benzene rings is 2. The number of hydrogen-bond acceptors (Lipinski definition) is 3. The van der Waals surface area contributed by atoms with E-state index in [0.29, 0.717) is 16.8 Å². The van der Waals surface area contributed by atoms with Crippen molar-refractivity contribution in [1.82, 2.24) is 4.90 Å². The van der Waals surface area contributed by atoms with Gasteiger partial charge in [0.25, 0.3) is 11.8 Å². The maximum Gasteiger partial charge on any atom is 0.262 e. The van der Waals surface area contributed by atoms with Gasteiger partial charge in [-0.3, -0.25) is 19.3 Å². The van der Waals surface area contributed by atoms with Gasteiger partial charge >= 0.3 is 0 Å². The molecule has 5 nitrogen and oxygen atoms in total. The van der Waals surface area contributed by atoms with Gasteiger partial charge in [0, 0.05) is 5.69 Å². The quantitative estimate of drug-likeness (QED) is 0.885. The number of rotatable bonds is 3. The second-order valence-electron chi connectivity index (χ2n) is 5.20. The molecule has 0 aliphatic carbocycles. The predicted octanol–water partition coefficient (Wildman–Crippen LogP) is 2.45. The van der Waals surface area contributed by atoms with Crippen molar-refractivity contribution in [3.05, 3.63) is 65.5 Å². The second kappa shape index (κ2) is 5.64. The maximum atomic E-state index is 12.9. The van der Waals surface area contributed by atoms with E-state index in [1.54, 1.807) is 24.3 Å². The van der Waals surface area contributed by atoms with Crippen LogP contribution in [0.15, 0.2) is 48.5 Å². The Kier molecular flexibility index (Phi) is 3.65. The monoisotopic (exact) mass is 312 g/mol. The minimum absolute atomic E-state index is 0.291. The Hall–Kier alpha value is -3.02. The molecule has 2 aromatic rings. The molecule has 0 radical (unpaired) electrons. The standard InChI is InChI=1S/C17H13FN2O3/c1-10(15(21)19-12-8-6-11(18)7-9-12)20-16(22)13-4-2-3-5-14(13)17(20)23/h2-10H,1H3,(H,19,21)/t10-/m0/s1. The van der Waals surface area contributed by atoms with E-state index in [9.17, 15) is 18.8 Å². The average Bonchev–Trinajstić information content (AvgIpc) is 2.81. The molecule has 1 aliphatic heterocycles. The number of carbonyl (C=O) groups is 3. The Morgan fingerprint density at radius 1 is 1.00 bits per heavy atom. The molecular weight excluding hydrogens is 299 g/mol. The fourth-order valence-corrected chi connectivity index (χ4v) is 2.46. The number of carbonyl (C=O) groups excluding carboxylic acids is 3. The lowest BCUT2D eigenvalue weighted by molar-refractivity contribution is -0.119. The van der Waals surface area contributed by atoms with Gasteiger partial charge in [-0.2, -0.15) is 0 Å². The smallest absolute Gasteiger partial charge is 0.262 e. The molecule has 0 spiro atoms. The molecule has 1 N–H and O–H groups in total. The lowest BCUT2D eigenvalue weighted by Crippen LogP contribution is -2.45. The molecule has 0 unspecified atom stereocenters. The highest BCUT2D eigenvalue weighted by Gasteiger charge is 2.40. The molecule has 1 aliphatic rings. The highest BCUT2D eigenvalue weighted by Crippen LogP contribution is 2.24. The van der Waals surface area contributed by atoms with E-state index in [2.05, 4.69) is 5.32 Å². The summed E-state index contributed by atoms with van der Waals surface area (Å²) in [5.41, 5.74) is 0.970. The summed E-state index contributed by atoms with van der Waals surface area (Å²) >= 11 is 0. The van der Waals surface area contributed by atoms with Crippen molar-refractivity contribution >= 4 is 23.4 Å². The first-order chi connectivity index (χ1) is 11.0. The lowest BCUT2D eigenvalue weighted by Gasteiger charge is -2.21. The summed E-state index contributed by atoms with van der Waals surface area (Å²) in [6, 6.07) is 10.7. The minimum atomic E-state index is -0.979. The molecule has 0 bridgehead atoms. The number of nitrogens with zero attached hydrogens (tertiary/aromatic N) is 1. The van der Waals surface area contributed by atoms with Crippen LogP contribution in [0.4, 0.5) is 10.1 Å². The third-order valence-electron chi connectivity index (χ3n) is 3.70. The van der Waals surface area contributed by atoms with Crippen LogP contribution < -0.4 is 5.32 Å². The molecule has 0 saturated heterocycles. The van der Waals surface area contributed by atoms with Crippen molar-refractivity contribution in [2.75, 3.05) is 5.32 Å². The lowest BCUT2D eigenvalue weighted by atomic mass is 10.1. The first-order valence-electron chi connectivity index (χ1n) is 7.02. The first-order valence-corrected chi connectivity index (χ1v) is 7.02. The van der Waals surface area contributed by atoms with E-state index >= 15 is 0 Å². The van der Waals surface area contributed by atoms with Crippen molar-refractivity contribution in [2.45, 2.75) is 13.0 Å². The number of halogens is 1. The zero-order chi connectivity index (χ0) is 16.6. The fraction of sp³-hybridized carbons (Fsp3) is 0.118. The van der Waals surface area contributed by atoms with E-state index in [0.717, 1.165) is 4.90 Å². The number of nitrogens with one attached hydrogen (secondary N) is 1. The van der Waals surface area contributed by atoms with Crippen LogP contribution in [-0.2, 0) is 4.79 Å². The van der Waals surface area contributed by atoms with Gasteiger partial charge in [0.2, 0.25) is 5.91 Å². The highest BCUT2D eigenvalue weighted by atomic mass is 19.1. The normalized spacial score (nSPS) is 14.6. The number of anilines is 1.